The summed E-state index contributed by atoms with van der Waals surface area (Å²) in [6.07, 6.45) is 0. The number of benzene rings is 1. The zero-order valence-electron chi connectivity index (χ0n) is 9.51. The highest BCUT2D eigenvalue weighted by atomic mass is 19.1. The van der Waals surface area contributed by atoms with Gasteiger partial charge in [-0.2, -0.15) is 0 Å². The summed E-state index contributed by atoms with van der Waals surface area (Å²) in [5.74, 6) is -1.46. The molecule has 0 amide bonds. The van der Waals surface area contributed by atoms with Crippen LogP contribution in [-0.4, -0.2) is 22.8 Å². The Kier molecular flexibility index (Phi) is 3.52. The standard InChI is InChI=1S/C11H10FN3O3/c1-2-17-10(16)9-14-15-11(18-9)13-8-6-4-3-5-7(8)12/h3-6H,2H2,1H3,(H,13,15). The van der Waals surface area contributed by atoms with Crippen molar-refractivity contribution >= 4 is 17.7 Å². The lowest BCUT2D eigenvalue weighted by molar-refractivity contribution is 0.0481. The Bertz CT molecular complexity index is 556. The van der Waals surface area contributed by atoms with Crippen LogP contribution in [0.1, 0.15) is 17.6 Å². The van der Waals surface area contributed by atoms with E-state index in [1.54, 1.807) is 19.1 Å². The zero-order chi connectivity index (χ0) is 13.0. The SMILES string of the molecule is CCOC(=O)c1nnc(Nc2ccccc2F)o1. The van der Waals surface area contributed by atoms with E-state index in [0.29, 0.717) is 0 Å². The highest BCUT2D eigenvalue weighted by molar-refractivity contribution is 5.84. The van der Waals surface area contributed by atoms with Gasteiger partial charge in [-0.05, 0) is 19.1 Å². The van der Waals surface area contributed by atoms with E-state index in [1.807, 2.05) is 0 Å². The number of carbonyl (C=O) groups excluding carboxylic acids is 1. The first kappa shape index (κ1) is 12.0. The quantitative estimate of drug-likeness (QED) is 0.839. The van der Waals surface area contributed by atoms with E-state index in [9.17, 15) is 9.18 Å². The van der Waals surface area contributed by atoms with Gasteiger partial charge in [0.2, 0.25) is 0 Å². The topological polar surface area (TPSA) is 77.2 Å². The van der Waals surface area contributed by atoms with E-state index in [1.165, 1.54) is 12.1 Å². The van der Waals surface area contributed by atoms with Gasteiger partial charge in [-0.25, -0.2) is 9.18 Å². The molecule has 2 rings (SSSR count). The molecule has 0 atom stereocenters. The third-order valence-electron chi connectivity index (χ3n) is 1.99. The molecule has 0 fully saturated rings. The van der Waals surface area contributed by atoms with E-state index in [-0.39, 0.29) is 24.2 Å². The number of rotatable bonds is 4. The van der Waals surface area contributed by atoms with Gasteiger partial charge < -0.3 is 14.5 Å². The van der Waals surface area contributed by atoms with E-state index >= 15 is 0 Å². The van der Waals surface area contributed by atoms with Crippen LogP contribution in [0.2, 0.25) is 0 Å². The summed E-state index contributed by atoms with van der Waals surface area (Å²) in [5, 5.41) is 9.61. The Morgan fingerprint density at radius 2 is 2.22 bits per heavy atom. The van der Waals surface area contributed by atoms with Crippen LogP contribution in [-0.2, 0) is 4.74 Å². The number of hydrogen-bond acceptors (Lipinski definition) is 6. The summed E-state index contributed by atoms with van der Waals surface area (Å²) >= 11 is 0. The Balaban J connectivity index is 2.12. The molecule has 0 aliphatic rings. The van der Waals surface area contributed by atoms with Gasteiger partial charge in [0, 0.05) is 0 Å². The molecule has 0 saturated heterocycles. The maximum absolute atomic E-state index is 13.3. The van der Waals surface area contributed by atoms with Gasteiger partial charge in [0.15, 0.2) is 0 Å². The predicted molar refractivity (Wildman–Crippen MR) is 59.9 cm³/mol. The lowest BCUT2D eigenvalue weighted by atomic mass is 10.3. The predicted octanol–water partition coefficient (Wildman–Crippen LogP) is 2.13. The van der Waals surface area contributed by atoms with Crippen LogP contribution in [0.4, 0.5) is 16.1 Å². The maximum Gasteiger partial charge on any atom is 0.396 e. The van der Waals surface area contributed by atoms with Crippen LogP contribution in [0.5, 0.6) is 0 Å². The molecule has 0 radical (unpaired) electrons. The second-order valence-corrected chi connectivity index (χ2v) is 3.24. The number of anilines is 2. The van der Waals surface area contributed by atoms with Crippen molar-refractivity contribution in [3.63, 3.8) is 0 Å². The van der Waals surface area contributed by atoms with Crippen molar-refractivity contribution in [3.05, 3.63) is 36.0 Å². The molecule has 1 aromatic heterocycles. The first-order valence-corrected chi connectivity index (χ1v) is 5.23. The minimum absolute atomic E-state index is 0.0804. The lowest BCUT2D eigenvalue weighted by Crippen LogP contribution is -2.04. The van der Waals surface area contributed by atoms with Crippen LogP contribution in [0, 0.1) is 5.82 Å². The summed E-state index contributed by atoms with van der Waals surface area (Å²) < 4.78 is 23.0. The number of ether oxygens (including phenoxy) is 1. The third-order valence-corrected chi connectivity index (χ3v) is 1.99. The number of esters is 1. The molecule has 7 heteroatoms. The van der Waals surface area contributed by atoms with Crippen molar-refractivity contribution in [3.8, 4) is 0 Å². The van der Waals surface area contributed by atoms with Crippen LogP contribution in [0.3, 0.4) is 0 Å². The number of carbonyl (C=O) groups is 1. The van der Waals surface area contributed by atoms with Gasteiger partial charge in [-0.1, -0.05) is 22.3 Å². The molecule has 0 saturated carbocycles. The van der Waals surface area contributed by atoms with Crippen molar-refractivity contribution < 1.29 is 18.3 Å². The fraction of sp³-hybridized carbons (Fsp3) is 0.182. The van der Waals surface area contributed by atoms with Gasteiger partial charge in [-0.3, -0.25) is 0 Å². The van der Waals surface area contributed by atoms with Crippen LogP contribution >= 0.6 is 0 Å². The van der Waals surface area contributed by atoms with Crippen LogP contribution in [0.15, 0.2) is 28.7 Å². The molecule has 0 aliphatic carbocycles. The van der Waals surface area contributed by atoms with Crippen molar-refractivity contribution in [2.24, 2.45) is 0 Å². The van der Waals surface area contributed by atoms with Crippen LogP contribution in [0.25, 0.3) is 0 Å². The van der Waals surface area contributed by atoms with Gasteiger partial charge in [0.25, 0.3) is 0 Å². The smallest absolute Gasteiger partial charge is 0.396 e. The minimum atomic E-state index is -0.716. The number of halogens is 1. The summed E-state index contributed by atoms with van der Waals surface area (Å²) in [7, 11) is 0. The number of nitrogens with one attached hydrogen (secondary N) is 1. The van der Waals surface area contributed by atoms with Crippen molar-refractivity contribution in [2.75, 3.05) is 11.9 Å². The average Bonchev–Trinajstić information content (AvgIpc) is 2.81. The lowest BCUT2D eigenvalue weighted by Gasteiger charge is -2.01. The molecule has 0 bridgehead atoms. The molecule has 1 heterocycles. The van der Waals surface area contributed by atoms with E-state index in [0.717, 1.165) is 0 Å². The second-order valence-electron chi connectivity index (χ2n) is 3.24. The first-order valence-electron chi connectivity index (χ1n) is 5.23. The molecule has 94 valence electrons. The molecule has 2 aromatic rings. The summed E-state index contributed by atoms with van der Waals surface area (Å²) in [5.41, 5.74) is 0.177. The molecule has 0 spiro atoms. The monoisotopic (exact) mass is 251 g/mol. The van der Waals surface area contributed by atoms with Crippen LogP contribution < -0.4 is 5.32 Å². The molecule has 0 aliphatic heterocycles. The normalized spacial score (nSPS) is 10.1. The maximum atomic E-state index is 13.3. The Morgan fingerprint density at radius 1 is 1.44 bits per heavy atom. The number of para-hydroxylation sites is 1. The average molecular weight is 251 g/mol. The molecular weight excluding hydrogens is 241 g/mol. The minimum Gasteiger partial charge on any atom is -0.459 e. The van der Waals surface area contributed by atoms with Gasteiger partial charge in [0.05, 0.1) is 12.3 Å². The van der Waals surface area contributed by atoms with Gasteiger partial charge in [0.1, 0.15) is 5.82 Å². The molecule has 6 nitrogen and oxygen atoms in total. The van der Waals surface area contributed by atoms with E-state index in [4.69, 9.17) is 4.42 Å². The number of nitrogens with zero attached hydrogens (tertiary/aromatic N) is 2. The number of hydrogen-bond donors (Lipinski definition) is 1. The van der Waals surface area contributed by atoms with Gasteiger partial charge in [-0.15, -0.1) is 0 Å². The second kappa shape index (κ2) is 5.26. The Hall–Kier alpha value is -2.44. The fourth-order valence-electron chi connectivity index (χ4n) is 1.23. The van der Waals surface area contributed by atoms with Crippen molar-refractivity contribution in [1.82, 2.24) is 10.2 Å². The fourth-order valence-corrected chi connectivity index (χ4v) is 1.23. The van der Waals surface area contributed by atoms with Gasteiger partial charge >= 0.3 is 17.9 Å². The molecule has 18 heavy (non-hydrogen) atoms. The molecule has 1 aromatic carbocycles. The third kappa shape index (κ3) is 2.62. The molecule has 0 unspecified atom stereocenters. The van der Waals surface area contributed by atoms with E-state index < -0.39 is 11.8 Å². The van der Waals surface area contributed by atoms with E-state index in [2.05, 4.69) is 20.3 Å². The molecule has 1 N–H and O–H groups in total. The van der Waals surface area contributed by atoms with Crippen molar-refractivity contribution in [1.29, 1.82) is 0 Å². The Morgan fingerprint density at radius 3 is 2.94 bits per heavy atom. The highest BCUT2D eigenvalue weighted by Gasteiger charge is 2.16. The molecular formula is C11H10FN3O3. The largest absolute Gasteiger partial charge is 0.459 e. The van der Waals surface area contributed by atoms with Crippen molar-refractivity contribution in [2.45, 2.75) is 6.92 Å². The summed E-state index contributed by atoms with van der Waals surface area (Å²) in [6, 6.07) is 5.91. The first-order chi connectivity index (χ1) is 8.70. The zero-order valence-corrected chi connectivity index (χ0v) is 9.51. The number of aromatic nitrogens is 2. The summed E-state index contributed by atoms with van der Waals surface area (Å²) in [6.45, 7) is 1.87. The summed E-state index contributed by atoms with van der Waals surface area (Å²) in [4.78, 5) is 11.3. The highest BCUT2D eigenvalue weighted by Crippen LogP contribution is 2.18. The Labute approximate surface area is 102 Å².